The minimum Gasteiger partial charge on any atom is -0.379 e. The molecule has 22 heavy (non-hydrogen) atoms. The number of carbonyl (C=O) groups excluding carboxylic acids is 1. The minimum atomic E-state index is -0.0604. The molecule has 6 nitrogen and oxygen atoms in total. The van der Waals surface area contributed by atoms with Crippen molar-refractivity contribution in [3.8, 4) is 0 Å². The van der Waals surface area contributed by atoms with E-state index >= 15 is 0 Å². The van der Waals surface area contributed by atoms with E-state index in [0.29, 0.717) is 12.1 Å². The molecule has 1 aliphatic rings. The summed E-state index contributed by atoms with van der Waals surface area (Å²) in [6.45, 7) is 10.9. The summed E-state index contributed by atoms with van der Waals surface area (Å²) in [5.41, 5.74) is 1.61. The number of nitrogens with one attached hydrogen (secondary N) is 1. The zero-order chi connectivity index (χ0) is 15.8. The quantitative estimate of drug-likeness (QED) is 0.814. The van der Waals surface area contributed by atoms with Crippen LogP contribution in [0.15, 0.2) is 18.5 Å². The Morgan fingerprint density at radius 2 is 2.05 bits per heavy atom. The third-order valence-corrected chi connectivity index (χ3v) is 3.93. The topological polar surface area (TPSA) is 57.7 Å². The summed E-state index contributed by atoms with van der Waals surface area (Å²) in [5, 5.41) is 2.97. The highest BCUT2D eigenvalue weighted by molar-refractivity contribution is 5.94. The Morgan fingerprint density at radius 3 is 2.73 bits per heavy atom. The fourth-order valence-corrected chi connectivity index (χ4v) is 2.57. The van der Waals surface area contributed by atoms with E-state index in [0.717, 1.165) is 51.6 Å². The van der Waals surface area contributed by atoms with Gasteiger partial charge in [0.05, 0.1) is 30.7 Å². The van der Waals surface area contributed by atoms with Crippen LogP contribution >= 0.6 is 0 Å². The molecule has 0 unspecified atom stereocenters. The van der Waals surface area contributed by atoms with Gasteiger partial charge in [-0.25, -0.2) is 0 Å². The molecule has 1 saturated heterocycles. The first-order valence-corrected chi connectivity index (χ1v) is 8.03. The summed E-state index contributed by atoms with van der Waals surface area (Å²) >= 11 is 0. The zero-order valence-corrected chi connectivity index (χ0v) is 13.5. The van der Waals surface area contributed by atoms with Crippen molar-refractivity contribution in [1.29, 1.82) is 0 Å². The lowest BCUT2D eigenvalue weighted by molar-refractivity contribution is 0.0383. The molecule has 1 amide bonds. The second-order valence-electron chi connectivity index (χ2n) is 5.31. The van der Waals surface area contributed by atoms with Gasteiger partial charge < -0.3 is 15.0 Å². The van der Waals surface area contributed by atoms with E-state index in [9.17, 15) is 4.79 Å². The highest BCUT2D eigenvalue weighted by Crippen LogP contribution is 2.14. The molecule has 1 aliphatic heterocycles. The highest BCUT2D eigenvalue weighted by atomic mass is 16.5. The number of morpholine rings is 1. The van der Waals surface area contributed by atoms with Gasteiger partial charge in [0.2, 0.25) is 0 Å². The van der Waals surface area contributed by atoms with Crippen molar-refractivity contribution in [2.24, 2.45) is 0 Å². The van der Waals surface area contributed by atoms with Crippen molar-refractivity contribution in [2.75, 3.05) is 57.4 Å². The molecule has 1 N–H and O–H groups in total. The van der Waals surface area contributed by atoms with Crippen LogP contribution in [0.4, 0.5) is 5.69 Å². The molecule has 0 radical (unpaired) electrons. The lowest BCUT2D eigenvalue weighted by Crippen LogP contribution is -2.41. The number of hydrogen-bond acceptors (Lipinski definition) is 5. The summed E-state index contributed by atoms with van der Waals surface area (Å²) in [4.78, 5) is 20.9. The van der Waals surface area contributed by atoms with E-state index in [1.54, 1.807) is 12.4 Å². The number of ether oxygens (including phenoxy) is 1. The van der Waals surface area contributed by atoms with Crippen LogP contribution in [0, 0.1) is 0 Å². The molecule has 2 heterocycles. The number of rotatable bonds is 7. The standard InChI is InChI=1S/C16H26N4O2/c1-3-20(4-2)15-11-14(12-17-13-15)16(21)18-5-6-19-7-9-22-10-8-19/h11-13H,3-10H2,1-2H3,(H,18,21). The maximum absolute atomic E-state index is 12.2. The predicted octanol–water partition coefficient (Wildman–Crippen LogP) is 0.990. The van der Waals surface area contributed by atoms with E-state index < -0.39 is 0 Å². The number of nitrogens with zero attached hydrogens (tertiary/aromatic N) is 3. The predicted molar refractivity (Wildman–Crippen MR) is 87.4 cm³/mol. The maximum atomic E-state index is 12.2. The molecule has 0 saturated carbocycles. The third-order valence-electron chi connectivity index (χ3n) is 3.93. The maximum Gasteiger partial charge on any atom is 0.252 e. The summed E-state index contributed by atoms with van der Waals surface area (Å²) in [6, 6.07) is 1.91. The van der Waals surface area contributed by atoms with Crippen LogP contribution in [0.5, 0.6) is 0 Å². The summed E-state index contributed by atoms with van der Waals surface area (Å²) in [6.07, 6.45) is 3.43. The van der Waals surface area contributed by atoms with Crippen LogP contribution in [0.2, 0.25) is 0 Å². The van der Waals surface area contributed by atoms with E-state index in [1.807, 2.05) is 6.07 Å². The van der Waals surface area contributed by atoms with Crippen molar-refractivity contribution >= 4 is 11.6 Å². The molecular weight excluding hydrogens is 280 g/mol. The van der Waals surface area contributed by atoms with Crippen LogP contribution in [0.3, 0.4) is 0 Å². The Balaban J connectivity index is 1.85. The van der Waals surface area contributed by atoms with Gasteiger partial charge in [-0.1, -0.05) is 0 Å². The lowest BCUT2D eigenvalue weighted by atomic mass is 10.2. The number of carbonyl (C=O) groups is 1. The SMILES string of the molecule is CCN(CC)c1cncc(C(=O)NCCN2CCOCC2)c1. The van der Waals surface area contributed by atoms with Gasteiger partial charge in [-0.15, -0.1) is 0 Å². The van der Waals surface area contributed by atoms with Crippen molar-refractivity contribution in [3.63, 3.8) is 0 Å². The van der Waals surface area contributed by atoms with Crippen LogP contribution < -0.4 is 10.2 Å². The molecule has 6 heteroatoms. The van der Waals surface area contributed by atoms with E-state index in [1.165, 1.54) is 0 Å². The molecule has 122 valence electrons. The van der Waals surface area contributed by atoms with Gasteiger partial charge in [-0.2, -0.15) is 0 Å². The Bertz CT molecular complexity index is 471. The largest absolute Gasteiger partial charge is 0.379 e. The average Bonchev–Trinajstić information content (AvgIpc) is 2.57. The van der Waals surface area contributed by atoms with Crippen LogP contribution in [0.25, 0.3) is 0 Å². The van der Waals surface area contributed by atoms with Crippen molar-refractivity contribution in [1.82, 2.24) is 15.2 Å². The van der Waals surface area contributed by atoms with Gasteiger partial charge in [0.1, 0.15) is 0 Å². The third kappa shape index (κ3) is 4.68. The Morgan fingerprint density at radius 1 is 1.32 bits per heavy atom. The van der Waals surface area contributed by atoms with Crippen molar-refractivity contribution < 1.29 is 9.53 Å². The molecule has 1 aromatic heterocycles. The fraction of sp³-hybridized carbons (Fsp3) is 0.625. The van der Waals surface area contributed by atoms with Gasteiger partial charge in [-0.3, -0.25) is 14.7 Å². The molecule has 0 atom stereocenters. The van der Waals surface area contributed by atoms with Crippen molar-refractivity contribution in [2.45, 2.75) is 13.8 Å². The van der Waals surface area contributed by atoms with Crippen molar-refractivity contribution in [3.05, 3.63) is 24.0 Å². The summed E-state index contributed by atoms with van der Waals surface area (Å²) in [5.74, 6) is -0.0604. The summed E-state index contributed by atoms with van der Waals surface area (Å²) < 4.78 is 5.31. The highest BCUT2D eigenvalue weighted by Gasteiger charge is 2.12. The number of anilines is 1. The van der Waals surface area contributed by atoms with Gasteiger partial charge in [0, 0.05) is 45.5 Å². The van der Waals surface area contributed by atoms with Gasteiger partial charge in [0.15, 0.2) is 0 Å². The lowest BCUT2D eigenvalue weighted by Gasteiger charge is -2.26. The summed E-state index contributed by atoms with van der Waals surface area (Å²) in [7, 11) is 0. The Hall–Kier alpha value is -1.66. The molecule has 1 fully saturated rings. The number of pyridine rings is 1. The van der Waals surface area contributed by atoms with E-state index in [4.69, 9.17) is 4.74 Å². The zero-order valence-electron chi connectivity index (χ0n) is 13.5. The number of hydrogen-bond donors (Lipinski definition) is 1. The molecule has 1 aromatic rings. The molecular formula is C16H26N4O2. The molecule has 0 aromatic carbocycles. The average molecular weight is 306 g/mol. The Labute approximate surface area is 132 Å². The first-order chi connectivity index (χ1) is 10.7. The first-order valence-electron chi connectivity index (χ1n) is 8.03. The van der Waals surface area contributed by atoms with Crippen LogP contribution in [-0.4, -0.2) is 68.3 Å². The molecule has 2 rings (SSSR count). The fourth-order valence-electron chi connectivity index (χ4n) is 2.57. The Kier molecular flexibility index (Phi) is 6.61. The smallest absolute Gasteiger partial charge is 0.252 e. The van der Waals surface area contributed by atoms with E-state index in [-0.39, 0.29) is 5.91 Å². The molecule has 0 bridgehead atoms. The number of amides is 1. The van der Waals surface area contributed by atoms with Gasteiger partial charge in [0.25, 0.3) is 5.91 Å². The van der Waals surface area contributed by atoms with E-state index in [2.05, 4.69) is 33.9 Å². The number of aromatic nitrogens is 1. The van der Waals surface area contributed by atoms with Crippen LogP contribution in [0.1, 0.15) is 24.2 Å². The van der Waals surface area contributed by atoms with Gasteiger partial charge in [-0.05, 0) is 19.9 Å². The minimum absolute atomic E-state index is 0.0604. The second-order valence-corrected chi connectivity index (χ2v) is 5.31. The van der Waals surface area contributed by atoms with Gasteiger partial charge >= 0.3 is 0 Å². The monoisotopic (exact) mass is 306 g/mol. The van der Waals surface area contributed by atoms with Crippen LogP contribution in [-0.2, 0) is 4.74 Å². The normalized spacial score (nSPS) is 15.5. The molecule has 0 spiro atoms. The molecule has 0 aliphatic carbocycles. The second kappa shape index (κ2) is 8.70. The first kappa shape index (κ1) is 16.7.